The maximum atomic E-state index is 5.64. The minimum absolute atomic E-state index is 0.168. The number of hydrogen-bond donors (Lipinski definition) is 0. The molecule has 14 heavy (non-hydrogen) atoms. The molecule has 2 aliphatic rings. The molecule has 80 valence electrons. The van der Waals surface area contributed by atoms with Gasteiger partial charge in [0.2, 0.25) is 0 Å². The van der Waals surface area contributed by atoms with E-state index in [-0.39, 0.29) is 12.2 Å². The zero-order valence-electron chi connectivity index (χ0n) is 8.99. The van der Waals surface area contributed by atoms with Crippen LogP contribution in [0.3, 0.4) is 0 Å². The molecule has 0 spiro atoms. The average Bonchev–Trinajstić information content (AvgIpc) is 2.17. The molecule has 3 unspecified atom stereocenters. The molecule has 4 nitrogen and oxygen atoms in total. The smallest absolute Gasteiger partial charge is 0.310 e. The van der Waals surface area contributed by atoms with Gasteiger partial charge < -0.3 is 9.47 Å². The third-order valence-electron chi connectivity index (χ3n) is 2.54. The molecule has 2 saturated heterocycles. The molecule has 2 fully saturated rings. The quantitative estimate of drug-likeness (QED) is 0.477. The van der Waals surface area contributed by atoms with Gasteiger partial charge in [0.1, 0.15) is 12.2 Å². The molecule has 0 N–H and O–H groups in total. The molecule has 0 amide bonds. The summed E-state index contributed by atoms with van der Waals surface area (Å²) in [6, 6.07) is 0. The molecule has 0 aliphatic carbocycles. The van der Waals surface area contributed by atoms with Crippen molar-refractivity contribution >= 4 is 0 Å². The third kappa shape index (κ3) is 1.39. The van der Waals surface area contributed by atoms with Crippen molar-refractivity contribution in [1.29, 1.82) is 0 Å². The van der Waals surface area contributed by atoms with Gasteiger partial charge in [-0.2, -0.15) is 4.89 Å². The lowest BCUT2D eigenvalue weighted by atomic mass is 9.94. The van der Waals surface area contributed by atoms with E-state index in [9.17, 15) is 0 Å². The van der Waals surface area contributed by atoms with E-state index >= 15 is 0 Å². The van der Waals surface area contributed by atoms with E-state index in [0.717, 1.165) is 5.57 Å². The molecule has 0 aromatic carbocycles. The highest BCUT2D eigenvalue weighted by Crippen LogP contribution is 2.44. The van der Waals surface area contributed by atoms with Crippen LogP contribution in [0.15, 0.2) is 12.2 Å². The van der Waals surface area contributed by atoms with Crippen molar-refractivity contribution in [3.05, 3.63) is 12.2 Å². The molecule has 0 saturated carbocycles. The minimum Gasteiger partial charge on any atom is -0.317 e. The first kappa shape index (κ1) is 10.1. The summed E-state index contributed by atoms with van der Waals surface area (Å²) >= 11 is 0. The Balaban J connectivity index is 2.28. The first-order valence-electron chi connectivity index (χ1n) is 4.72. The van der Waals surface area contributed by atoms with Gasteiger partial charge in [0.15, 0.2) is 0 Å². The second-order valence-corrected chi connectivity index (χ2v) is 4.55. The van der Waals surface area contributed by atoms with Crippen LogP contribution >= 0.6 is 0 Å². The van der Waals surface area contributed by atoms with Gasteiger partial charge in [0, 0.05) is 6.92 Å². The van der Waals surface area contributed by atoms with Gasteiger partial charge in [0.25, 0.3) is 0 Å². The fraction of sp³-hybridized carbons (Fsp3) is 0.800. The van der Waals surface area contributed by atoms with E-state index in [0.29, 0.717) is 0 Å². The highest BCUT2D eigenvalue weighted by molar-refractivity contribution is 5.08. The Morgan fingerprint density at radius 2 is 1.93 bits per heavy atom. The van der Waals surface area contributed by atoms with Gasteiger partial charge >= 0.3 is 5.97 Å². The SMILES string of the molecule is C=C(C)C1OOC2(C)OC1C(C)(C)O2. The zero-order chi connectivity index (χ0) is 10.6. The van der Waals surface area contributed by atoms with Crippen molar-refractivity contribution in [3.63, 3.8) is 0 Å². The van der Waals surface area contributed by atoms with Gasteiger partial charge in [-0.25, -0.2) is 4.89 Å². The van der Waals surface area contributed by atoms with Crippen LogP contribution in [0.2, 0.25) is 0 Å². The molecular formula is C10H16O4. The normalized spacial score (nSPS) is 45.1. The topological polar surface area (TPSA) is 36.9 Å². The standard InChI is InChI=1S/C10H16O4/c1-6(2)7-8-9(3,4)13-10(5,11-8)14-12-7/h7-8H,1H2,2-5H3. The third-order valence-corrected chi connectivity index (χ3v) is 2.54. The van der Waals surface area contributed by atoms with Gasteiger partial charge in [0.05, 0.1) is 5.60 Å². The average molecular weight is 200 g/mol. The van der Waals surface area contributed by atoms with E-state index in [1.807, 2.05) is 20.8 Å². The summed E-state index contributed by atoms with van der Waals surface area (Å²) in [5.74, 6) is -1.07. The molecular weight excluding hydrogens is 184 g/mol. The van der Waals surface area contributed by atoms with E-state index in [1.54, 1.807) is 6.92 Å². The number of hydrogen-bond acceptors (Lipinski definition) is 4. The van der Waals surface area contributed by atoms with Crippen molar-refractivity contribution in [2.75, 3.05) is 0 Å². The monoisotopic (exact) mass is 200 g/mol. The van der Waals surface area contributed by atoms with E-state index in [4.69, 9.17) is 19.2 Å². The van der Waals surface area contributed by atoms with Crippen LogP contribution in [0.25, 0.3) is 0 Å². The Morgan fingerprint density at radius 1 is 1.29 bits per heavy atom. The van der Waals surface area contributed by atoms with E-state index in [1.165, 1.54) is 0 Å². The lowest BCUT2D eigenvalue weighted by Gasteiger charge is -2.32. The molecule has 0 aromatic rings. The van der Waals surface area contributed by atoms with Crippen LogP contribution in [0.5, 0.6) is 0 Å². The van der Waals surface area contributed by atoms with Crippen molar-refractivity contribution in [3.8, 4) is 0 Å². The van der Waals surface area contributed by atoms with Crippen molar-refractivity contribution in [1.82, 2.24) is 0 Å². The fourth-order valence-electron chi connectivity index (χ4n) is 1.93. The molecule has 0 radical (unpaired) electrons. The molecule has 2 bridgehead atoms. The van der Waals surface area contributed by atoms with Crippen molar-refractivity contribution < 1.29 is 19.2 Å². The van der Waals surface area contributed by atoms with Gasteiger partial charge in [-0.05, 0) is 26.3 Å². The largest absolute Gasteiger partial charge is 0.317 e. The lowest BCUT2D eigenvalue weighted by molar-refractivity contribution is -0.518. The van der Waals surface area contributed by atoms with Crippen LogP contribution in [-0.4, -0.2) is 23.8 Å². The van der Waals surface area contributed by atoms with Gasteiger partial charge in [-0.15, -0.1) is 0 Å². The van der Waals surface area contributed by atoms with Crippen molar-refractivity contribution in [2.24, 2.45) is 0 Å². The first-order chi connectivity index (χ1) is 6.34. The summed E-state index contributed by atoms with van der Waals surface area (Å²) in [6.45, 7) is 11.3. The summed E-state index contributed by atoms with van der Waals surface area (Å²) < 4.78 is 11.3. The van der Waals surface area contributed by atoms with Gasteiger partial charge in [-0.3, -0.25) is 0 Å². The van der Waals surface area contributed by atoms with Crippen LogP contribution in [-0.2, 0) is 19.2 Å². The summed E-state index contributed by atoms with van der Waals surface area (Å²) in [4.78, 5) is 10.3. The second-order valence-electron chi connectivity index (χ2n) is 4.55. The maximum absolute atomic E-state index is 5.64. The Labute approximate surface area is 83.7 Å². The van der Waals surface area contributed by atoms with Crippen LogP contribution in [0.1, 0.15) is 27.7 Å². The molecule has 3 atom stereocenters. The van der Waals surface area contributed by atoms with Crippen LogP contribution < -0.4 is 0 Å². The summed E-state index contributed by atoms with van der Waals surface area (Å²) in [6.07, 6.45) is -0.431. The van der Waals surface area contributed by atoms with Crippen LogP contribution in [0.4, 0.5) is 0 Å². The Morgan fingerprint density at radius 3 is 2.50 bits per heavy atom. The molecule has 2 aliphatic heterocycles. The van der Waals surface area contributed by atoms with E-state index < -0.39 is 11.6 Å². The van der Waals surface area contributed by atoms with Crippen molar-refractivity contribution in [2.45, 2.75) is 51.5 Å². The zero-order valence-corrected chi connectivity index (χ0v) is 8.99. The molecule has 2 heterocycles. The first-order valence-corrected chi connectivity index (χ1v) is 4.72. The Hall–Kier alpha value is -0.420. The Bertz CT molecular complexity index is 273. The summed E-state index contributed by atoms with van der Waals surface area (Å²) in [5.41, 5.74) is 0.449. The second kappa shape index (κ2) is 2.79. The summed E-state index contributed by atoms with van der Waals surface area (Å²) in [7, 11) is 0. The van der Waals surface area contributed by atoms with E-state index in [2.05, 4.69) is 6.58 Å². The predicted octanol–water partition coefficient (Wildman–Crippen LogP) is 1.76. The Kier molecular flexibility index (Phi) is 2.02. The molecule has 4 heteroatoms. The number of rotatable bonds is 1. The highest BCUT2D eigenvalue weighted by Gasteiger charge is 2.59. The number of ether oxygens (including phenoxy) is 2. The fourth-order valence-corrected chi connectivity index (χ4v) is 1.93. The highest BCUT2D eigenvalue weighted by atomic mass is 17.3. The molecule has 0 aromatic heterocycles. The predicted molar refractivity (Wildman–Crippen MR) is 49.2 cm³/mol. The van der Waals surface area contributed by atoms with Gasteiger partial charge in [-0.1, -0.05) is 6.58 Å². The summed E-state index contributed by atoms with van der Waals surface area (Å²) in [5, 5.41) is 0. The minimum atomic E-state index is -1.07. The maximum Gasteiger partial charge on any atom is 0.310 e. The lowest BCUT2D eigenvalue weighted by Crippen LogP contribution is -2.46. The molecule has 2 rings (SSSR count). The number of fused-ring (bicyclic) bond motifs is 2. The van der Waals surface area contributed by atoms with Crippen LogP contribution in [0, 0.1) is 0 Å².